The Morgan fingerprint density at radius 3 is 2.54 bits per heavy atom. The highest BCUT2D eigenvalue weighted by Crippen LogP contribution is 2.24. The van der Waals surface area contributed by atoms with E-state index in [-0.39, 0.29) is 0 Å². The molecule has 0 radical (unpaired) electrons. The summed E-state index contributed by atoms with van der Waals surface area (Å²) in [6, 6.07) is 9.61. The molecule has 1 nitrogen and oxygen atoms in total. The number of hydrogen-bond acceptors (Lipinski definition) is 1. The maximum Gasteiger partial charge on any atom is 0.0835 e. The molecule has 0 bridgehead atoms. The van der Waals surface area contributed by atoms with Crippen LogP contribution in [0.15, 0.2) is 39.8 Å². The van der Waals surface area contributed by atoms with Gasteiger partial charge < -0.3 is 5.11 Å². The second-order valence-electron chi connectivity index (χ2n) is 2.69. The van der Waals surface area contributed by atoms with Crippen LogP contribution in [0.25, 0.3) is 0 Å². The SMILES string of the molecule is OC(C/C(Br)=C/Br)c1ccccc1. The molecule has 0 aliphatic heterocycles. The van der Waals surface area contributed by atoms with Crippen molar-refractivity contribution in [3.8, 4) is 0 Å². The quantitative estimate of drug-likeness (QED) is 0.902. The van der Waals surface area contributed by atoms with E-state index in [0.717, 1.165) is 10.0 Å². The summed E-state index contributed by atoms with van der Waals surface area (Å²) in [6.45, 7) is 0. The molecule has 1 N–H and O–H groups in total. The van der Waals surface area contributed by atoms with E-state index >= 15 is 0 Å². The third kappa shape index (κ3) is 3.63. The number of aliphatic hydroxyl groups excluding tert-OH is 1. The molecule has 0 aliphatic rings. The first kappa shape index (κ1) is 11.0. The second-order valence-corrected chi connectivity index (χ2v) is 4.16. The molecule has 1 aromatic carbocycles. The lowest BCUT2D eigenvalue weighted by molar-refractivity contribution is 0.181. The van der Waals surface area contributed by atoms with Crippen molar-refractivity contribution in [2.24, 2.45) is 0 Å². The van der Waals surface area contributed by atoms with Crippen molar-refractivity contribution >= 4 is 31.9 Å². The lowest BCUT2D eigenvalue weighted by Crippen LogP contribution is -1.96. The van der Waals surface area contributed by atoms with Crippen molar-refractivity contribution < 1.29 is 5.11 Å². The van der Waals surface area contributed by atoms with Gasteiger partial charge in [-0.05, 0) is 10.5 Å². The van der Waals surface area contributed by atoms with Crippen LogP contribution in [-0.2, 0) is 0 Å². The van der Waals surface area contributed by atoms with Crippen LogP contribution in [0.5, 0.6) is 0 Å². The molecular weight excluding hydrogens is 296 g/mol. The van der Waals surface area contributed by atoms with Gasteiger partial charge in [-0.15, -0.1) is 0 Å². The Labute approximate surface area is 94.7 Å². The van der Waals surface area contributed by atoms with Gasteiger partial charge in [-0.3, -0.25) is 0 Å². The predicted octanol–water partition coefficient (Wildman–Crippen LogP) is 3.74. The van der Waals surface area contributed by atoms with E-state index < -0.39 is 6.10 Å². The van der Waals surface area contributed by atoms with Gasteiger partial charge in [0.2, 0.25) is 0 Å². The first-order chi connectivity index (χ1) is 6.24. The molecule has 1 rings (SSSR count). The van der Waals surface area contributed by atoms with Crippen molar-refractivity contribution in [1.29, 1.82) is 0 Å². The Bertz CT molecular complexity index is 282. The van der Waals surface area contributed by atoms with E-state index in [4.69, 9.17) is 0 Å². The summed E-state index contributed by atoms with van der Waals surface area (Å²) in [7, 11) is 0. The molecule has 1 unspecified atom stereocenters. The lowest BCUT2D eigenvalue weighted by atomic mass is 10.1. The molecule has 0 saturated carbocycles. The fourth-order valence-electron chi connectivity index (χ4n) is 1.02. The minimum absolute atomic E-state index is 0.440. The van der Waals surface area contributed by atoms with Crippen LogP contribution in [0, 0.1) is 0 Å². The van der Waals surface area contributed by atoms with E-state index in [1.54, 1.807) is 4.99 Å². The molecule has 0 heterocycles. The standard InChI is InChI=1S/C10H10Br2O/c11-7-9(12)6-10(13)8-4-2-1-3-5-8/h1-5,7,10,13H,6H2/b9-7-. The number of halogens is 2. The fraction of sp³-hybridized carbons (Fsp3) is 0.200. The Morgan fingerprint density at radius 1 is 1.38 bits per heavy atom. The van der Waals surface area contributed by atoms with E-state index in [1.165, 1.54) is 0 Å². The molecule has 3 heteroatoms. The molecule has 70 valence electrons. The molecule has 1 atom stereocenters. The number of benzene rings is 1. The molecule has 13 heavy (non-hydrogen) atoms. The zero-order chi connectivity index (χ0) is 9.68. The van der Waals surface area contributed by atoms with Crippen LogP contribution in [0.3, 0.4) is 0 Å². The van der Waals surface area contributed by atoms with E-state index in [0.29, 0.717) is 6.42 Å². The monoisotopic (exact) mass is 304 g/mol. The first-order valence-electron chi connectivity index (χ1n) is 3.92. The zero-order valence-electron chi connectivity index (χ0n) is 6.95. The van der Waals surface area contributed by atoms with E-state index in [2.05, 4.69) is 31.9 Å². The number of hydrogen-bond donors (Lipinski definition) is 1. The molecular formula is C10H10Br2O. The van der Waals surface area contributed by atoms with Crippen molar-refractivity contribution in [3.63, 3.8) is 0 Å². The van der Waals surface area contributed by atoms with Gasteiger partial charge in [-0.1, -0.05) is 62.2 Å². The van der Waals surface area contributed by atoms with Gasteiger partial charge in [0, 0.05) is 10.9 Å². The lowest BCUT2D eigenvalue weighted by Gasteiger charge is -2.09. The van der Waals surface area contributed by atoms with Gasteiger partial charge in [-0.25, -0.2) is 0 Å². The second kappa shape index (κ2) is 5.58. The van der Waals surface area contributed by atoms with Crippen LogP contribution in [0.1, 0.15) is 18.1 Å². The van der Waals surface area contributed by atoms with Crippen molar-refractivity contribution in [2.75, 3.05) is 0 Å². The first-order valence-corrected chi connectivity index (χ1v) is 5.62. The van der Waals surface area contributed by atoms with Crippen molar-refractivity contribution in [3.05, 3.63) is 45.4 Å². The highest BCUT2D eigenvalue weighted by molar-refractivity contribution is 9.14. The molecule has 0 amide bonds. The van der Waals surface area contributed by atoms with Crippen molar-refractivity contribution in [1.82, 2.24) is 0 Å². The maximum atomic E-state index is 9.73. The Morgan fingerprint density at radius 2 is 2.00 bits per heavy atom. The molecule has 1 aromatic rings. The number of aliphatic hydroxyl groups is 1. The fourth-order valence-corrected chi connectivity index (χ4v) is 1.52. The highest BCUT2D eigenvalue weighted by atomic mass is 79.9. The van der Waals surface area contributed by atoms with Crippen LogP contribution in [0.4, 0.5) is 0 Å². The molecule has 0 fully saturated rings. The Kier molecular flexibility index (Phi) is 4.70. The molecule has 0 saturated heterocycles. The molecule has 0 aliphatic carbocycles. The highest BCUT2D eigenvalue weighted by Gasteiger charge is 2.07. The topological polar surface area (TPSA) is 20.2 Å². The van der Waals surface area contributed by atoms with Gasteiger partial charge in [0.25, 0.3) is 0 Å². The van der Waals surface area contributed by atoms with Gasteiger partial charge in [0.15, 0.2) is 0 Å². The van der Waals surface area contributed by atoms with Crippen LogP contribution in [-0.4, -0.2) is 5.11 Å². The third-order valence-electron chi connectivity index (χ3n) is 1.69. The average molecular weight is 306 g/mol. The summed E-state index contributed by atoms with van der Waals surface area (Å²) in [5.74, 6) is 0. The largest absolute Gasteiger partial charge is 0.388 e. The molecule has 0 spiro atoms. The number of rotatable bonds is 3. The Balaban J connectivity index is 2.64. The maximum absolute atomic E-state index is 9.73. The predicted molar refractivity (Wildman–Crippen MR) is 62.0 cm³/mol. The van der Waals surface area contributed by atoms with Crippen LogP contribution >= 0.6 is 31.9 Å². The summed E-state index contributed by atoms with van der Waals surface area (Å²) in [6.07, 6.45) is 0.152. The normalized spacial score (nSPS) is 14.2. The third-order valence-corrected chi connectivity index (χ3v) is 3.41. The van der Waals surface area contributed by atoms with Crippen LogP contribution < -0.4 is 0 Å². The van der Waals surface area contributed by atoms with Gasteiger partial charge in [-0.2, -0.15) is 0 Å². The average Bonchev–Trinajstić information content (AvgIpc) is 2.19. The minimum Gasteiger partial charge on any atom is -0.388 e. The summed E-state index contributed by atoms with van der Waals surface area (Å²) in [5.41, 5.74) is 0.939. The summed E-state index contributed by atoms with van der Waals surface area (Å²) >= 11 is 6.52. The van der Waals surface area contributed by atoms with Gasteiger partial charge >= 0.3 is 0 Å². The summed E-state index contributed by atoms with van der Waals surface area (Å²) in [4.78, 5) is 1.76. The minimum atomic E-state index is -0.440. The van der Waals surface area contributed by atoms with Gasteiger partial charge in [0.1, 0.15) is 0 Å². The summed E-state index contributed by atoms with van der Waals surface area (Å²) < 4.78 is 0.948. The molecule has 0 aromatic heterocycles. The smallest absolute Gasteiger partial charge is 0.0835 e. The Hall–Kier alpha value is -0.120. The van der Waals surface area contributed by atoms with Gasteiger partial charge in [0.05, 0.1) is 6.10 Å². The zero-order valence-corrected chi connectivity index (χ0v) is 10.1. The van der Waals surface area contributed by atoms with E-state index in [9.17, 15) is 5.11 Å². The van der Waals surface area contributed by atoms with Crippen LogP contribution in [0.2, 0.25) is 0 Å². The van der Waals surface area contributed by atoms with E-state index in [1.807, 2.05) is 30.3 Å². The summed E-state index contributed by atoms with van der Waals surface area (Å²) in [5, 5.41) is 9.73. The van der Waals surface area contributed by atoms with Crippen molar-refractivity contribution in [2.45, 2.75) is 12.5 Å².